The van der Waals surface area contributed by atoms with Crippen molar-refractivity contribution in [1.29, 1.82) is 0 Å². The summed E-state index contributed by atoms with van der Waals surface area (Å²) in [6, 6.07) is 0. The third-order valence-electron chi connectivity index (χ3n) is 1.07. The number of aryl methyl sites for hydroxylation is 1. The molecule has 0 aliphatic rings. The first-order valence-electron chi connectivity index (χ1n) is 2.67. The number of aromatic nitrogens is 2. The van der Waals surface area contributed by atoms with E-state index in [1.807, 2.05) is 0 Å². The average Bonchev–Trinajstić information content (AvgIpc) is 1.94. The van der Waals surface area contributed by atoms with E-state index in [-0.39, 0.29) is 0 Å². The van der Waals surface area contributed by atoms with Crippen molar-refractivity contribution in [3.05, 3.63) is 18.2 Å². The maximum Gasteiger partial charge on any atom is 0.115 e. The second-order valence-corrected chi connectivity index (χ2v) is 1.72. The van der Waals surface area contributed by atoms with Gasteiger partial charge in [-0.2, -0.15) is 0 Å². The maximum absolute atomic E-state index is 7.98. The molecule has 5 heteroatoms. The first-order chi connectivity index (χ1) is 4.84. The number of nitrogens with zero attached hydrogens (tertiary/aromatic N) is 2. The quantitative estimate of drug-likeness (QED) is 0.466. The lowest BCUT2D eigenvalue weighted by atomic mass is 10.4. The van der Waals surface area contributed by atoms with Crippen molar-refractivity contribution in [2.24, 2.45) is 0 Å². The van der Waals surface area contributed by atoms with Gasteiger partial charge >= 0.3 is 0 Å². The van der Waals surface area contributed by atoms with Crippen LogP contribution in [0.1, 0.15) is 5.69 Å². The molecule has 0 aliphatic heterocycles. The summed E-state index contributed by atoms with van der Waals surface area (Å²) in [5, 5.41) is 7.98. The molecule has 1 heterocycles. The Labute approximate surface area is 57.6 Å². The molecular formula is C5H7N3O2. The van der Waals surface area contributed by atoms with Crippen LogP contribution in [0.25, 0.3) is 0 Å². The fraction of sp³-hybridized carbons (Fsp3) is 0.200. The van der Waals surface area contributed by atoms with E-state index in [2.05, 4.69) is 20.4 Å². The normalized spacial score (nSPS) is 9.40. The summed E-state index contributed by atoms with van der Waals surface area (Å²) in [5.41, 5.74) is 3.46. The Morgan fingerprint density at radius 2 is 2.50 bits per heavy atom. The molecule has 0 spiro atoms. The molecule has 0 fully saturated rings. The minimum atomic E-state index is 0.546. The van der Waals surface area contributed by atoms with Crippen LogP contribution >= 0.6 is 0 Å². The zero-order valence-corrected chi connectivity index (χ0v) is 5.40. The van der Waals surface area contributed by atoms with Gasteiger partial charge in [0.15, 0.2) is 0 Å². The van der Waals surface area contributed by atoms with Crippen LogP contribution in [0.4, 0.5) is 5.69 Å². The Morgan fingerprint density at radius 1 is 1.70 bits per heavy atom. The van der Waals surface area contributed by atoms with Gasteiger partial charge in [-0.15, -0.1) is 4.99 Å². The van der Waals surface area contributed by atoms with Crippen molar-refractivity contribution in [2.45, 2.75) is 6.92 Å². The second-order valence-electron chi connectivity index (χ2n) is 1.72. The molecule has 0 atom stereocenters. The molecule has 2 N–H and O–H groups in total. The van der Waals surface area contributed by atoms with Crippen molar-refractivity contribution in [2.75, 3.05) is 5.48 Å². The molecule has 0 unspecified atom stereocenters. The van der Waals surface area contributed by atoms with E-state index < -0.39 is 0 Å². The lowest BCUT2D eigenvalue weighted by Gasteiger charge is -2.00. The Morgan fingerprint density at radius 3 is 3.10 bits per heavy atom. The van der Waals surface area contributed by atoms with Gasteiger partial charge in [-0.3, -0.25) is 0 Å². The zero-order chi connectivity index (χ0) is 7.40. The Kier molecular flexibility index (Phi) is 2.14. The third kappa shape index (κ3) is 1.40. The number of rotatable bonds is 2. The van der Waals surface area contributed by atoms with Gasteiger partial charge in [-0.05, 0) is 6.92 Å². The SMILES string of the molecule is Cc1ncncc1NOO. The summed E-state index contributed by atoms with van der Waals surface area (Å²) in [6.45, 7) is 1.77. The van der Waals surface area contributed by atoms with E-state index in [1.165, 1.54) is 12.5 Å². The van der Waals surface area contributed by atoms with Crippen LogP contribution in [-0.4, -0.2) is 15.2 Å². The summed E-state index contributed by atoms with van der Waals surface area (Å²) in [7, 11) is 0. The molecule has 10 heavy (non-hydrogen) atoms. The van der Waals surface area contributed by atoms with Crippen LogP contribution in [-0.2, 0) is 4.99 Å². The van der Waals surface area contributed by atoms with E-state index in [1.54, 1.807) is 6.92 Å². The number of hydrogen-bond acceptors (Lipinski definition) is 5. The van der Waals surface area contributed by atoms with Gasteiger partial charge in [0.05, 0.1) is 11.9 Å². The Balaban J connectivity index is 2.81. The van der Waals surface area contributed by atoms with E-state index >= 15 is 0 Å². The summed E-state index contributed by atoms with van der Waals surface area (Å²) in [5.74, 6) is 0. The first kappa shape index (κ1) is 6.91. The average molecular weight is 141 g/mol. The van der Waals surface area contributed by atoms with Crippen molar-refractivity contribution in [3.8, 4) is 0 Å². The van der Waals surface area contributed by atoms with E-state index in [0.717, 1.165) is 0 Å². The molecule has 1 aromatic rings. The lowest BCUT2D eigenvalue weighted by molar-refractivity contribution is -0.215. The molecule has 0 saturated heterocycles. The second kappa shape index (κ2) is 3.09. The largest absolute Gasteiger partial charge is 0.243 e. The fourth-order valence-electron chi connectivity index (χ4n) is 0.540. The monoisotopic (exact) mass is 141 g/mol. The standard InChI is InChI=1S/C5H7N3O2/c1-4-5(8-10-9)2-6-3-7-4/h2-3,8-9H,1H3. The van der Waals surface area contributed by atoms with Gasteiger partial charge in [0.2, 0.25) is 0 Å². The van der Waals surface area contributed by atoms with Gasteiger partial charge in [-0.25, -0.2) is 20.7 Å². The molecule has 0 bridgehead atoms. The zero-order valence-electron chi connectivity index (χ0n) is 5.40. The highest BCUT2D eigenvalue weighted by molar-refractivity contribution is 5.41. The Bertz CT molecular complexity index is 216. The van der Waals surface area contributed by atoms with E-state index in [0.29, 0.717) is 11.4 Å². The van der Waals surface area contributed by atoms with Crippen LogP contribution in [0.15, 0.2) is 12.5 Å². The molecule has 1 aromatic heterocycles. The summed E-state index contributed by atoms with van der Waals surface area (Å²) >= 11 is 0. The summed E-state index contributed by atoms with van der Waals surface area (Å²) < 4.78 is 0. The highest BCUT2D eigenvalue weighted by Gasteiger charge is 1.95. The molecule has 54 valence electrons. The van der Waals surface area contributed by atoms with Crippen LogP contribution < -0.4 is 5.48 Å². The molecule has 5 nitrogen and oxygen atoms in total. The summed E-state index contributed by atoms with van der Waals surface area (Å²) in [4.78, 5) is 11.2. The lowest BCUT2D eigenvalue weighted by Crippen LogP contribution is -1.99. The smallest absolute Gasteiger partial charge is 0.115 e. The van der Waals surface area contributed by atoms with E-state index in [4.69, 9.17) is 5.26 Å². The van der Waals surface area contributed by atoms with Crippen molar-refractivity contribution in [1.82, 2.24) is 9.97 Å². The van der Waals surface area contributed by atoms with Crippen molar-refractivity contribution < 1.29 is 10.2 Å². The summed E-state index contributed by atoms with van der Waals surface area (Å²) in [6.07, 6.45) is 2.91. The topological polar surface area (TPSA) is 67.3 Å². The maximum atomic E-state index is 7.98. The van der Waals surface area contributed by atoms with Crippen molar-refractivity contribution in [3.63, 3.8) is 0 Å². The molecule has 0 amide bonds. The minimum Gasteiger partial charge on any atom is -0.243 e. The Hall–Kier alpha value is -1.20. The number of anilines is 1. The van der Waals surface area contributed by atoms with Gasteiger partial charge in [0, 0.05) is 0 Å². The van der Waals surface area contributed by atoms with Gasteiger partial charge in [-0.1, -0.05) is 0 Å². The predicted octanol–water partition coefficient (Wildman–Crippen LogP) is 0.602. The van der Waals surface area contributed by atoms with Crippen LogP contribution in [0, 0.1) is 6.92 Å². The van der Waals surface area contributed by atoms with E-state index in [9.17, 15) is 0 Å². The fourth-order valence-corrected chi connectivity index (χ4v) is 0.540. The molecule has 0 saturated carbocycles. The first-order valence-corrected chi connectivity index (χ1v) is 2.67. The van der Waals surface area contributed by atoms with Crippen molar-refractivity contribution >= 4 is 5.69 Å². The molecular weight excluding hydrogens is 134 g/mol. The van der Waals surface area contributed by atoms with Crippen LogP contribution in [0.2, 0.25) is 0 Å². The van der Waals surface area contributed by atoms with Gasteiger partial charge in [0.25, 0.3) is 0 Å². The number of nitrogens with one attached hydrogen (secondary N) is 1. The predicted molar refractivity (Wildman–Crippen MR) is 34.1 cm³/mol. The molecule has 0 aliphatic carbocycles. The third-order valence-corrected chi connectivity index (χ3v) is 1.07. The molecule has 1 rings (SSSR count). The highest BCUT2D eigenvalue weighted by Crippen LogP contribution is 2.06. The molecule has 0 aromatic carbocycles. The highest BCUT2D eigenvalue weighted by atomic mass is 17.2. The van der Waals surface area contributed by atoms with Crippen LogP contribution in [0.5, 0.6) is 0 Å². The minimum absolute atomic E-state index is 0.546. The molecule has 0 radical (unpaired) electrons. The van der Waals surface area contributed by atoms with Crippen LogP contribution in [0.3, 0.4) is 0 Å². The van der Waals surface area contributed by atoms with Gasteiger partial charge in [0.1, 0.15) is 12.0 Å². The number of hydrogen-bond donors (Lipinski definition) is 2. The van der Waals surface area contributed by atoms with Gasteiger partial charge < -0.3 is 0 Å².